The van der Waals surface area contributed by atoms with E-state index >= 15 is 0 Å². The highest BCUT2D eigenvalue weighted by Gasteiger charge is 2.68. The number of carboxylic acid groups (broad SMARTS) is 3. The van der Waals surface area contributed by atoms with E-state index in [-0.39, 0.29) is 35.4 Å². The minimum Gasteiger partial charge on any atom is -0.481 e. The number of rotatable bonds is 4. The molecule has 3 rings (SSSR count). The molecule has 1 aliphatic carbocycles. The van der Waals surface area contributed by atoms with Crippen molar-refractivity contribution in [2.45, 2.75) is 53.0 Å². The summed E-state index contributed by atoms with van der Waals surface area (Å²) in [6.07, 6.45) is -1.26. The molecule has 1 heterocycles. The van der Waals surface area contributed by atoms with Crippen molar-refractivity contribution < 1.29 is 39.0 Å². The molecule has 0 spiro atoms. The van der Waals surface area contributed by atoms with Gasteiger partial charge in [-0.1, -0.05) is 18.2 Å². The zero-order valence-electron chi connectivity index (χ0n) is 18.8. The smallest absolute Gasteiger partial charge is 0.481 e. The average Bonchev–Trinajstić information content (AvgIpc) is 2.99. The minimum atomic E-state index is -1.77. The summed E-state index contributed by atoms with van der Waals surface area (Å²) >= 11 is 0. The molecule has 3 unspecified atom stereocenters. The Hall–Kier alpha value is -3.26. The van der Waals surface area contributed by atoms with Crippen molar-refractivity contribution in [3.8, 4) is 0 Å². The Kier molecular flexibility index (Phi) is 5.22. The number of allylic oxidation sites excluding steroid dienone is 2. The first kappa shape index (κ1) is 23.4. The standard InChI is InChI=1S/C24H27NO7/c1-22(2,3)25(21(31)32)16-11-23(4,19(27)28)13-24(5,20(29)30)17(16)15(12-26)18(25)14-9-7-6-8-10-14/h6-10,12H,11,13H2,1-5H3,(H2-,27,28,29,30,31,32)/p+1. The maximum atomic E-state index is 13.1. The Morgan fingerprint density at radius 3 is 1.97 bits per heavy atom. The van der Waals surface area contributed by atoms with Crippen LogP contribution in [0.4, 0.5) is 4.79 Å². The third kappa shape index (κ3) is 2.86. The lowest BCUT2D eigenvalue weighted by Gasteiger charge is -2.47. The number of hydrogen-bond acceptors (Lipinski definition) is 4. The zero-order valence-corrected chi connectivity index (χ0v) is 18.8. The quantitative estimate of drug-likeness (QED) is 0.472. The largest absolute Gasteiger partial charge is 0.524 e. The second-order valence-corrected chi connectivity index (χ2v) is 10.0. The summed E-state index contributed by atoms with van der Waals surface area (Å²) in [4.78, 5) is 50.4. The lowest BCUT2D eigenvalue weighted by atomic mass is 9.61. The molecule has 0 aromatic heterocycles. The number of amides is 1. The molecule has 0 bridgehead atoms. The molecule has 1 amide bonds. The molecule has 1 aromatic carbocycles. The van der Waals surface area contributed by atoms with Gasteiger partial charge in [-0.2, -0.15) is 9.28 Å². The van der Waals surface area contributed by atoms with Gasteiger partial charge in [0.1, 0.15) is 11.2 Å². The van der Waals surface area contributed by atoms with Crippen LogP contribution in [0.3, 0.4) is 0 Å². The molecule has 3 N–H and O–H groups in total. The molecule has 170 valence electrons. The van der Waals surface area contributed by atoms with Crippen molar-refractivity contribution in [1.29, 1.82) is 0 Å². The van der Waals surface area contributed by atoms with Gasteiger partial charge in [0.2, 0.25) is 0 Å². The lowest BCUT2D eigenvalue weighted by molar-refractivity contribution is -0.799. The van der Waals surface area contributed by atoms with Crippen LogP contribution in [0.5, 0.6) is 0 Å². The number of carboxylic acids is 2. The molecule has 0 saturated heterocycles. The van der Waals surface area contributed by atoms with E-state index in [2.05, 4.69) is 0 Å². The van der Waals surface area contributed by atoms with Crippen molar-refractivity contribution >= 4 is 30.0 Å². The van der Waals surface area contributed by atoms with Crippen LogP contribution in [0.1, 0.15) is 53.0 Å². The van der Waals surface area contributed by atoms with Gasteiger partial charge >= 0.3 is 18.0 Å². The fourth-order valence-electron chi connectivity index (χ4n) is 5.51. The predicted octanol–water partition coefficient (Wildman–Crippen LogP) is 4.13. The summed E-state index contributed by atoms with van der Waals surface area (Å²) in [5, 5.41) is 30.9. The Bertz CT molecular complexity index is 1100. The molecule has 2 aliphatic rings. The van der Waals surface area contributed by atoms with Crippen molar-refractivity contribution in [3.63, 3.8) is 0 Å². The van der Waals surface area contributed by atoms with E-state index in [1.807, 2.05) is 0 Å². The highest BCUT2D eigenvalue weighted by molar-refractivity contribution is 6.00. The van der Waals surface area contributed by atoms with Crippen LogP contribution >= 0.6 is 0 Å². The molecule has 8 heteroatoms. The van der Waals surface area contributed by atoms with Gasteiger partial charge in [0.25, 0.3) is 0 Å². The van der Waals surface area contributed by atoms with Gasteiger partial charge in [0, 0.05) is 17.6 Å². The lowest BCUT2D eigenvalue weighted by Crippen LogP contribution is -2.61. The molecule has 0 saturated carbocycles. The van der Waals surface area contributed by atoms with Crippen LogP contribution < -0.4 is 0 Å². The number of aliphatic carboxylic acids is 2. The van der Waals surface area contributed by atoms with Gasteiger partial charge in [-0.3, -0.25) is 14.4 Å². The molecule has 1 aromatic rings. The summed E-state index contributed by atoms with van der Waals surface area (Å²) in [6, 6.07) is 8.52. The minimum absolute atomic E-state index is 0.000800. The molecule has 1 aliphatic heterocycles. The van der Waals surface area contributed by atoms with E-state index in [0.717, 1.165) is 0 Å². The molecule has 8 nitrogen and oxygen atoms in total. The fraction of sp³-hybridized carbons (Fsp3) is 0.417. The fourth-order valence-corrected chi connectivity index (χ4v) is 5.51. The maximum absolute atomic E-state index is 13.1. The highest BCUT2D eigenvalue weighted by atomic mass is 16.4. The van der Waals surface area contributed by atoms with E-state index in [9.17, 15) is 34.5 Å². The molecule has 0 radical (unpaired) electrons. The van der Waals surface area contributed by atoms with Crippen LogP contribution in [-0.2, 0) is 14.4 Å². The van der Waals surface area contributed by atoms with Crippen LogP contribution in [-0.4, -0.2) is 49.7 Å². The molecule has 32 heavy (non-hydrogen) atoms. The predicted molar refractivity (Wildman–Crippen MR) is 115 cm³/mol. The Morgan fingerprint density at radius 2 is 1.56 bits per heavy atom. The van der Waals surface area contributed by atoms with Gasteiger partial charge in [0.15, 0.2) is 12.0 Å². The Labute approximate surface area is 186 Å². The normalized spacial score (nSPS) is 30.2. The molecule has 0 fully saturated rings. The molecular formula is C24H28NO7+. The number of nitrogens with zero attached hydrogens (tertiary/aromatic N) is 1. The van der Waals surface area contributed by atoms with Gasteiger partial charge in [-0.05, 0) is 53.2 Å². The molecular weight excluding hydrogens is 414 g/mol. The SMILES string of the molecule is CC1(C(=O)O)CC2=C(C(C=O)=C(c3ccccc3)[N+]2(C(=O)O)C(C)(C)C)C(C)(C(=O)O)C1. The number of aldehydes is 1. The average molecular weight is 442 g/mol. The first-order valence-electron chi connectivity index (χ1n) is 10.3. The first-order valence-corrected chi connectivity index (χ1v) is 10.3. The van der Waals surface area contributed by atoms with Crippen molar-refractivity contribution in [1.82, 2.24) is 0 Å². The number of hydrogen-bond donors (Lipinski definition) is 3. The summed E-state index contributed by atoms with van der Waals surface area (Å²) in [5.41, 5.74) is -3.51. The van der Waals surface area contributed by atoms with Gasteiger partial charge < -0.3 is 15.3 Å². The third-order valence-electron chi connectivity index (χ3n) is 6.85. The van der Waals surface area contributed by atoms with Crippen molar-refractivity contribution in [2.75, 3.05) is 0 Å². The molecule has 3 atom stereocenters. The van der Waals surface area contributed by atoms with Gasteiger partial charge in [-0.25, -0.2) is 0 Å². The topological polar surface area (TPSA) is 129 Å². The van der Waals surface area contributed by atoms with E-state index in [4.69, 9.17) is 0 Å². The van der Waals surface area contributed by atoms with E-state index in [1.54, 1.807) is 51.1 Å². The number of benzene rings is 1. The third-order valence-corrected chi connectivity index (χ3v) is 6.85. The Balaban J connectivity index is 2.59. The monoisotopic (exact) mass is 442 g/mol. The van der Waals surface area contributed by atoms with E-state index < -0.39 is 38.9 Å². The number of carbonyl (C=O) groups is 4. The number of quaternary nitrogens is 1. The van der Waals surface area contributed by atoms with Crippen molar-refractivity contribution in [3.05, 3.63) is 52.7 Å². The summed E-state index contributed by atoms with van der Waals surface area (Å²) in [6.45, 7) is 7.87. The van der Waals surface area contributed by atoms with Crippen LogP contribution in [0.15, 0.2) is 47.2 Å². The zero-order chi connectivity index (χ0) is 24.3. The van der Waals surface area contributed by atoms with Crippen LogP contribution in [0, 0.1) is 10.8 Å². The van der Waals surface area contributed by atoms with Gasteiger partial charge in [-0.15, -0.1) is 0 Å². The second-order valence-electron chi connectivity index (χ2n) is 10.0. The summed E-state index contributed by atoms with van der Waals surface area (Å²) in [5.74, 6) is -2.52. The second kappa shape index (κ2) is 7.13. The van der Waals surface area contributed by atoms with Gasteiger partial charge in [0.05, 0.1) is 16.4 Å². The maximum Gasteiger partial charge on any atom is 0.524 e. The van der Waals surface area contributed by atoms with E-state index in [1.165, 1.54) is 13.8 Å². The van der Waals surface area contributed by atoms with Crippen LogP contribution in [0.2, 0.25) is 0 Å². The number of carbonyl (C=O) groups excluding carboxylic acids is 1. The van der Waals surface area contributed by atoms with E-state index in [0.29, 0.717) is 11.8 Å². The Morgan fingerprint density at radius 1 is 1.00 bits per heavy atom. The summed E-state index contributed by atoms with van der Waals surface area (Å²) < 4.78 is -0.841. The van der Waals surface area contributed by atoms with Crippen molar-refractivity contribution in [2.24, 2.45) is 10.8 Å². The van der Waals surface area contributed by atoms with Crippen LogP contribution in [0.25, 0.3) is 5.70 Å². The summed E-state index contributed by atoms with van der Waals surface area (Å²) in [7, 11) is 0. The first-order chi connectivity index (χ1) is 14.7. The highest BCUT2D eigenvalue weighted by Crippen LogP contribution is 2.62.